The van der Waals surface area contributed by atoms with Gasteiger partial charge in [-0.3, -0.25) is 9.36 Å². The van der Waals surface area contributed by atoms with Crippen LogP contribution < -0.4 is 20.1 Å². The monoisotopic (exact) mass is 510 g/mol. The molecule has 0 bridgehead atoms. The lowest BCUT2D eigenvalue weighted by Crippen LogP contribution is -2.14. The van der Waals surface area contributed by atoms with Gasteiger partial charge in [-0.05, 0) is 62.4 Å². The lowest BCUT2D eigenvalue weighted by atomic mass is 10.1. The van der Waals surface area contributed by atoms with Crippen molar-refractivity contribution in [1.29, 1.82) is 0 Å². The van der Waals surface area contributed by atoms with E-state index in [4.69, 9.17) is 9.47 Å². The average molecular weight is 510 g/mol. The highest BCUT2D eigenvalue weighted by molar-refractivity contribution is 7.60. The molecule has 0 saturated carbocycles. The minimum absolute atomic E-state index is 0.0775. The Balaban J connectivity index is 1.84. The third kappa shape index (κ3) is 7.05. The molecule has 2 aromatic carbocycles. The zero-order valence-corrected chi connectivity index (χ0v) is 20.2. The zero-order valence-electron chi connectivity index (χ0n) is 18.1. The Labute approximate surface area is 196 Å². The lowest BCUT2D eigenvalue weighted by Gasteiger charge is -2.15. The van der Waals surface area contributed by atoms with Crippen molar-refractivity contribution in [1.82, 2.24) is 4.98 Å². The number of alkyl halides is 2. The Morgan fingerprint density at radius 2 is 1.71 bits per heavy atom. The van der Waals surface area contributed by atoms with Gasteiger partial charge < -0.3 is 24.6 Å². The average Bonchev–Trinajstić information content (AvgIpc) is 2.72. The fourth-order valence-electron chi connectivity index (χ4n) is 2.80. The molecule has 0 radical (unpaired) electrons. The Morgan fingerprint density at radius 1 is 1.06 bits per heavy atom. The van der Waals surface area contributed by atoms with Crippen LogP contribution in [0.2, 0.25) is 0 Å². The minimum atomic E-state index is -4.39. The van der Waals surface area contributed by atoms with Crippen molar-refractivity contribution in [3.63, 3.8) is 0 Å². The quantitative estimate of drug-likeness (QED) is 0.378. The first-order valence-electron chi connectivity index (χ1n) is 9.91. The number of rotatable bonds is 8. The van der Waals surface area contributed by atoms with Gasteiger partial charge in [-0.25, -0.2) is 4.98 Å². The van der Waals surface area contributed by atoms with E-state index in [1.807, 2.05) is 0 Å². The van der Waals surface area contributed by atoms with Crippen LogP contribution in [0.4, 0.5) is 14.6 Å². The first-order valence-corrected chi connectivity index (χ1v) is 12.1. The largest absolute Gasteiger partial charge is 0.491 e. The predicted octanol–water partition coefficient (Wildman–Crippen LogP) is 4.64. The molecule has 1 heterocycles. The second kappa shape index (κ2) is 10.2. The fourth-order valence-corrected chi connectivity index (χ4v) is 3.51. The number of pyridine rings is 1. The summed E-state index contributed by atoms with van der Waals surface area (Å²) in [5.74, 6) is 0.358. The van der Waals surface area contributed by atoms with Crippen LogP contribution in [0.25, 0.3) is 0 Å². The molecule has 12 heteroatoms. The number of amides is 1. The molecule has 1 amide bonds. The highest BCUT2D eigenvalue weighted by Gasteiger charge is 2.24. The van der Waals surface area contributed by atoms with Gasteiger partial charge in [0.1, 0.15) is 23.1 Å². The molecular weight excluding hydrogens is 488 g/mol. The fraction of sp³-hybridized carbons (Fsp3) is 0.182. The van der Waals surface area contributed by atoms with Crippen molar-refractivity contribution < 1.29 is 37.4 Å². The first kappa shape index (κ1) is 25.7. The lowest BCUT2D eigenvalue weighted by molar-refractivity contribution is 0.102. The molecule has 180 valence electrons. The molecule has 3 rings (SSSR count). The number of anilines is 1. The highest BCUT2D eigenvalue weighted by Crippen LogP contribution is 2.35. The topological polar surface area (TPSA) is 118 Å². The third-order valence-corrected chi connectivity index (χ3v) is 5.62. The number of ether oxygens (including phenoxy) is 2. The second-order valence-corrected chi connectivity index (χ2v) is 9.84. The number of nitrogens with one attached hydrogen (secondary N) is 1. The zero-order chi connectivity index (χ0) is 25.1. The van der Waals surface area contributed by atoms with Gasteiger partial charge in [-0.2, -0.15) is 8.78 Å². The van der Waals surface area contributed by atoms with E-state index in [2.05, 4.69) is 10.3 Å². The molecule has 1 unspecified atom stereocenters. The molecule has 0 aliphatic heterocycles. The van der Waals surface area contributed by atoms with Gasteiger partial charge in [0.2, 0.25) is 0 Å². The number of carbonyl (C=O) groups excluding carboxylic acids is 1. The number of benzene rings is 2. The molecule has 0 aliphatic carbocycles. The molecule has 8 nitrogen and oxygen atoms in total. The molecule has 0 fully saturated rings. The van der Waals surface area contributed by atoms with Gasteiger partial charge in [-0.1, -0.05) is 9.24 Å². The van der Waals surface area contributed by atoms with Crippen molar-refractivity contribution in [3.8, 4) is 17.2 Å². The number of halogens is 2. The van der Waals surface area contributed by atoms with E-state index < -0.39 is 19.2 Å². The summed E-state index contributed by atoms with van der Waals surface area (Å²) in [6.45, 7) is 3.61. The maximum Gasteiger partial charge on any atom is 0.356 e. The number of aromatic nitrogens is 1. The SMILES string of the molecule is CC(C)Oc1cc(Oc2ccc(P(=O)(O)O)cc2)cc(C(=O)Nc2ccc(C(F)(F)P)cn2)c1. The van der Waals surface area contributed by atoms with E-state index in [9.17, 15) is 27.9 Å². The molecular formula is C22H22F2N2O6P2. The number of hydrogen-bond donors (Lipinski definition) is 3. The van der Waals surface area contributed by atoms with Crippen molar-refractivity contribution in [2.45, 2.75) is 25.6 Å². The van der Waals surface area contributed by atoms with E-state index in [0.717, 1.165) is 12.3 Å². The number of carbonyl (C=O) groups is 1. The summed E-state index contributed by atoms with van der Waals surface area (Å²) in [6.07, 6.45) is 0.771. The van der Waals surface area contributed by atoms with Gasteiger partial charge >= 0.3 is 7.60 Å². The highest BCUT2D eigenvalue weighted by atomic mass is 31.2. The molecule has 0 spiro atoms. The van der Waals surface area contributed by atoms with Gasteiger partial charge in [0.05, 0.1) is 11.4 Å². The molecule has 34 heavy (non-hydrogen) atoms. The summed E-state index contributed by atoms with van der Waals surface area (Å²) in [6, 6.07) is 12.2. The molecule has 1 aromatic heterocycles. The van der Waals surface area contributed by atoms with Crippen LogP contribution in [-0.2, 0) is 10.2 Å². The Bertz CT molecular complexity index is 1210. The molecule has 0 aliphatic rings. The maximum absolute atomic E-state index is 13.3. The van der Waals surface area contributed by atoms with Crippen molar-refractivity contribution in [2.75, 3.05) is 5.32 Å². The third-order valence-electron chi connectivity index (χ3n) is 4.31. The van der Waals surface area contributed by atoms with Crippen LogP contribution >= 0.6 is 16.8 Å². The van der Waals surface area contributed by atoms with Crippen molar-refractivity contribution in [2.24, 2.45) is 0 Å². The number of nitrogens with zero attached hydrogens (tertiary/aromatic N) is 1. The van der Waals surface area contributed by atoms with Crippen LogP contribution in [0.15, 0.2) is 60.8 Å². The minimum Gasteiger partial charge on any atom is -0.491 e. The van der Waals surface area contributed by atoms with Crippen LogP contribution in [0.5, 0.6) is 17.2 Å². The van der Waals surface area contributed by atoms with E-state index in [0.29, 0.717) is 5.75 Å². The molecule has 3 N–H and O–H groups in total. The van der Waals surface area contributed by atoms with Gasteiger partial charge in [0.25, 0.3) is 11.6 Å². The summed E-state index contributed by atoms with van der Waals surface area (Å²) in [7, 11) is -2.97. The summed E-state index contributed by atoms with van der Waals surface area (Å²) in [5, 5.41) is 2.38. The van der Waals surface area contributed by atoms with Gasteiger partial charge in [-0.15, -0.1) is 0 Å². The summed E-state index contributed by atoms with van der Waals surface area (Å²) in [4.78, 5) is 35.1. The van der Waals surface area contributed by atoms with Gasteiger partial charge in [0.15, 0.2) is 0 Å². The van der Waals surface area contributed by atoms with Crippen LogP contribution in [0.1, 0.15) is 29.8 Å². The van der Waals surface area contributed by atoms with Gasteiger partial charge in [0, 0.05) is 23.4 Å². The van der Waals surface area contributed by atoms with Crippen LogP contribution in [0, 0.1) is 0 Å². The van der Waals surface area contributed by atoms with E-state index in [-0.39, 0.29) is 39.9 Å². The van der Waals surface area contributed by atoms with Crippen molar-refractivity contribution in [3.05, 3.63) is 71.9 Å². The Hall–Kier alpha value is -2.90. The van der Waals surface area contributed by atoms with Crippen LogP contribution in [-0.4, -0.2) is 26.8 Å². The van der Waals surface area contributed by atoms with E-state index in [1.165, 1.54) is 51.7 Å². The summed E-state index contributed by atoms with van der Waals surface area (Å²) in [5.41, 5.74) is -3.29. The smallest absolute Gasteiger partial charge is 0.356 e. The standard InChI is InChI=1S/C22H22F2N2O6P2/c1-13(2)31-17-9-14(21(27)26-20-8-3-15(12-25-20)22(23,24)33)10-18(11-17)32-16-4-6-19(7-5-16)34(28,29)30/h3-13H,33H2,1-2H3,(H,25,26,27)(H2,28,29,30). The number of hydrogen-bond acceptors (Lipinski definition) is 5. The molecule has 3 aromatic rings. The van der Waals surface area contributed by atoms with E-state index in [1.54, 1.807) is 19.9 Å². The Kier molecular flexibility index (Phi) is 7.68. The van der Waals surface area contributed by atoms with Crippen molar-refractivity contribution >= 4 is 33.9 Å². The maximum atomic E-state index is 13.3. The molecule has 0 saturated heterocycles. The molecule has 1 atom stereocenters. The first-order chi connectivity index (χ1) is 15.8. The predicted molar refractivity (Wildman–Crippen MR) is 126 cm³/mol. The van der Waals surface area contributed by atoms with E-state index >= 15 is 0 Å². The van der Waals surface area contributed by atoms with Crippen LogP contribution in [0.3, 0.4) is 0 Å². The summed E-state index contributed by atoms with van der Waals surface area (Å²) >= 11 is 0. The Morgan fingerprint density at radius 3 is 2.24 bits per heavy atom. The summed E-state index contributed by atoms with van der Waals surface area (Å²) < 4.78 is 49.4. The normalized spacial score (nSPS) is 11.9. The second-order valence-electron chi connectivity index (χ2n) is 7.51.